The van der Waals surface area contributed by atoms with Gasteiger partial charge in [-0.25, -0.2) is 4.79 Å². The van der Waals surface area contributed by atoms with Crippen molar-refractivity contribution in [3.63, 3.8) is 0 Å². The van der Waals surface area contributed by atoms with Crippen molar-refractivity contribution in [2.75, 3.05) is 12.4 Å². The van der Waals surface area contributed by atoms with E-state index in [-0.39, 0.29) is 5.69 Å². The van der Waals surface area contributed by atoms with Gasteiger partial charge in [-0.3, -0.25) is 10.1 Å². The molecule has 3 aromatic rings. The number of non-ortho nitro benzene ring substituents is 1. The highest BCUT2D eigenvalue weighted by atomic mass is 16.6. The highest BCUT2D eigenvalue weighted by Crippen LogP contribution is 2.33. The Morgan fingerprint density at radius 2 is 1.64 bits per heavy atom. The molecule has 0 aromatic heterocycles. The zero-order valence-electron chi connectivity index (χ0n) is 13.5. The van der Waals surface area contributed by atoms with Gasteiger partial charge in [-0.2, -0.15) is 0 Å². The third kappa shape index (κ3) is 3.28. The Labute approximate surface area is 144 Å². The minimum atomic E-state index is -0.712. The number of nitro groups is 1. The van der Waals surface area contributed by atoms with Gasteiger partial charge in [-0.15, -0.1) is 0 Å². The molecule has 0 spiro atoms. The fraction of sp³-hybridized carbons (Fsp3) is 0.105. The Kier molecular flexibility index (Phi) is 4.61. The van der Waals surface area contributed by atoms with Gasteiger partial charge in [0.2, 0.25) is 0 Å². The fourth-order valence-corrected chi connectivity index (χ4v) is 2.77. The van der Waals surface area contributed by atoms with Gasteiger partial charge in [0, 0.05) is 17.1 Å². The summed E-state index contributed by atoms with van der Waals surface area (Å²) >= 11 is 0. The van der Waals surface area contributed by atoms with Crippen molar-refractivity contribution in [1.29, 1.82) is 0 Å². The van der Waals surface area contributed by atoms with Crippen LogP contribution in [0.3, 0.4) is 0 Å². The average molecular weight is 336 g/mol. The Morgan fingerprint density at radius 1 is 1.00 bits per heavy atom. The summed E-state index contributed by atoms with van der Waals surface area (Å²) in [5.41, 5.74) is 1.40. The smallest absolute Gasteiger partial charge is 0.332 e. The summed E-state index contributed by atoms with van der Waals surface area (Å²) in [5.74, 6) is -0.436. The summed E-state index contributed by atoms with van der Waals surface area (Å²) in [7, 11) is 1.33. The molecule has 25 heavy (non-hydrogen) atoms. The van der Waals surface area contributed by atoms with Gasteiger partial charge in [0.25, 0.3) is 5.69 Å². The topological polar surface area (TPSA) is 81.5 Å². The van der Waals surface area contributed by atoms with Crippen LogP contribution in [0.15, 0.2) is 66.7 Å². The number of esters is 1. The second-order valence-electron chi connectivity index (χ2n) is 5.45. The van der Waals surface area contributed by atoms with Crippen molar-refractivity contribution >= 4 is 28.1 Å². The highest BCUT2D eigenvalue weighted by molar-refractivity contribution is 6.00. The van der Waals surface area contributed by atoms with E-state index in [4.69, 9.17) is 4.74 Å². The molecule has 0 fully saturated rings. The van der Waals surface area contributed by atoms with Crippen LogP contribution in [0.5, 0.6) is 0 Å². The normalized spacial score (nSPS) is 11.7. The molecule has 0 saturated carbocycles. The number of methoxy groups -OCH3 is 1. The van der Waals surface area contributed by atoms with E-state index in [0.717, 1.165) is 5.56 Å². The Balaban J connectivity index is 2.08. The number of rotatable bonds is 5. The van der Waals surface area contributed by atoms with Crippen LogP contribution in [0.2, 0.25) is 0 Å². The minimum absolute atomic E-state index is 0.0236. The summed E-state index contributed by atoms with van der Waals surface area (Å²) < 4.78 is 4.90. The van der Waals surface area contributed by atoms with E-state index in [1.807, 2.05) is 30.3 Å². The summed E-state index contributed by atoms with van der Waals surface area (Å²) in [5, 5.41) is 15.6. The molecule has 0 heterocycles. The molecule has 3 rings (SSSR count). The van der Waals surface area contributed by atoms with Crippen LogP contribution in [0.25, 0.3) is 10.8 Å². The van der Waals surface area contributed by atoms with Gasteiger partial charge >= 0.3 is 5.97 Å². The third-order valence-corrected chi connectivity index (χ3v) is 3.97. The molecule has 3 aromatic carbocycles. The zero-order valence-corrected chi connectivity index (χ0v) is 13.5. The van der Waals surface area contributed by atoms with Crippen LogP contribution in [0.1, 0.15) is 11.6 Å². The summed E-state index contributed by atoms with van der Waals surface area (Å²) in [4.78, 5) is 23.1. The van der Waals surface area contributed by atoms with Crippen molar-refractivity contribution in [2.24, 2.45) is 0 Å². The van der Waals surface area contributed by atoms with E-state index in [1.165, 1.54) is 13.2 Å². The molecular weight excluding hydrogens is 320 g/mol. The number of anilines is 1. The first-order valence-electron chi connectivity index (χ1n) is 7.67. The van der Waals surface area contributed by atoms with Gasteiger partial charge in [-0.1, -0.05) is 48.5 Å². The van der Waals surface area contributed by atoms with Crippen LogP contribution < -0.4 is 5.32 Å². The van der Waals surface area contributed by atoms with E-state index >= 15 is 0 Å². The lowest BCUT2D eigenvalue weighted by Gasteiger charge is -2.19. The first-order chi connectivity index (χ1) is 12.1. The van der Waals surface area contributed by atoms with E-state index in [2.05, 4.69) is 5.32 Å². The van der Waals surface area contributed by atoms with E-state index in [1.54, 1.807) is 30.3 Å². The third-order valence-electron chi connectivity index (χ3n) is 3.97. The van der Waals surface area contributed by atoms with Crippen LogP contribution >= 0.6 is 0 Å². The van der Waals surface area contributed by atoms with Crippen LogP contribution in [0.4, 0.5) is 11.4 Å². The molecular formula is C19H16N2O4. The van der Waals surface area contributed by atoms with E-state index < -0.39 is 16.9 Å². The molecule has 0 aliphatic heterocycles. The van der Waals surface area contributed by atoms with Crippen molar-refractivity contribution in [3.8, 4) is 0 Å². The van der Waals surface area contributed by atoms with E-state index in [9.17, 15) is 14.9 Å². The molecule has 1 atom stereocenters. The Bertz CT molecular complexity index is 925. The second-order valence-corrected chi connectivity index (χ2v) is 5.45. The van der Waals surface area contributed by atoms with Crippen molar-refractivity contribution in [3.05, 3.63) is 82.4 Å². The molecule has 0 amide bonds. The predicted octanol–water partition coefficient (Wildman–Crippen LogP) is 4.07. The van der Waals surface area contributed by atoms with Gasteiger partial charge in [0.15, 0.2) is 6.04 Å². The largest absolute Gasteiger partial charge is 0.467 e. The first kappa shape index (κ1) is 16.4. The Morgan fingerprint density at radius 3 is 2.28 bits per heavy atom. The molecule has 6 nitrogen and oxygen atoms in total. The van der Waals surface area contributed by atoms with Crippen molar-refractivity contribution in [2.45, 2.75) is 6.04 Å². The van der Waals surface area contributed by atoms with E-state index in [0.29, 0.717) is 16.5 Å². The molecule has 126 valence electrons. The summed E-state index contributed by atoms with van der Waals surface area (Å²) in [6, 6.07) is 18.5. The van der Waals surface area contributed by atoms with Gasteiger partial charge in [-0.05, 0) is 17.7 Å². The fourth-order valence-electron chi connectivity index (χ4n) is 2.77. The predicted molar refractivity (Wildman–Crippen MR) is 95.4 cm³/mol. The van der Waals surface area contributed by atoms with Gasteiger partial charge < -0.3 is 10.1 Å². The average Bonchev–Trinajstić information content (AvgIpc) is 2.65. The number of carbonyl (C=O) groups excluding carboxylic acids is 1. The summed E-state index contributed by atoms with van der Waals surface area (Å²) in [6.07, 6.45) is 0. The SMILES string of the molecule is COC(=O)C(Nc1ccc([N+](=O)[O-])c2ccccc12)c1ccccc1. The first-order valence-corrected chi connectivity index (χ1v) is 7.67. The summed E-state index contributed by atoms with van der Waals surface area (Å²) in [6.45, 7) is 0. The van der Waals surface area contributed by atoms with Crippen molar-refractivity contribution < 1.29 is 14.5 Å². The maximum Gasteiger partial charge on any atom is 0.332 e. The van der Waals surface area contributed by atoms with Crippen LogP contribution in [0, 0.1) is 10.1 Å². The lowest BCUT2D eigenvalue weighted by atomic mass is 10.0. The number of fused-ring (bicyclic) bond motifs is 1. The number of ether oxygens (including phenoxy) is 1. The number of hydrogen-bond acceptors (Lipinski definition) is 5. The molecule has 1 N–H and O–H groups in total. The number of nitro benzene ring substituents is 1. The number of carbonyl (C=O) groups is 1. The molecule has 0 radical (unpaired) electrons. The van der Waals surface area contributed by atoms with Gasteiger partial charge in [0.1, 0.15) is 0 Å². The number of nitrogens with zero attached hydrogens (tertiary/aromatic N) is 1. The lowest BCUT2D eigenvalue weighted by Crippen LogP contribution is -2.22. The molecule has 6 heteroatoms. The zero-order chi connectivity index (χ0) is 17.8. The molecule has 0 aliphatic rings. The standard InChI is InChI=1S/C19H16N2O4/c1-25-19(22)18(13-7-3-2-4-8-13)20-16-11-12-17(21(23)24)15-10-6-5-9-14(15)16/h2-12,18,20H,1H3. The lowest BCUT2D eigenvalue weighted by molar-refractivity contribution is -0.383. The molecule has 0 bridgehead atoms. The monoisotopic (exact) mass is 336 g/mol. The van der Waals surface area contributed by atoms with Gasteiger partial charge in [0.05, 0.1) is 17.4 Å². The molecule has 0 aliphatic carbocycles. The minimum Gasteiger partial charge on any atom is -0.467 e. The number of benzene rings is 3. The molecule has 1 unspecified atom stereocenters. The molecule has 0 saturated heterocycles. The maximum absolute atomic E-state index is 12.2. The number of hydrogen-bond donors (Lipinski definition) is 1. The number of nitrogens with one attached hydrogen (secondary N) is 1. The van der Waals surface area contributed by atoms with Crippen molar-refractivity contribution in [1.82, 2.24) is 0 Å². The Hall–Kier alpha value is -3.41. The van der Waals surface area contributed by atoms with Crippen LogP contribution in [-0.4, -0.2) is 18.0 Å². The maximum atomic E-state index is 12.2. The quantitative estimate of drug-likeness (QED) is 0.431. The van der Waals surface area contributed by atoms with Crippen LogP contribution in [-0.2, 0) is 9.53 Å². The highest BCUT2D eigenvalue weighted by Gasteiger charge is 2.23. The second kappa shape index (κ2) is 7.00.